The minimum atomic E-state index is 0.0192. The number of nitrogens with zero attached hydrogens (tertiary/aromatic N) is 1. The van der Waals surface area contributed by atoms with Gasteiger partial charge in [0.1, 0.15) is 5.75 Å². The molecule has 0 saturated carbocycles. The summed E-state index contributed by atoms with van der Waals surface area (Å²) in [6.07, 6.45) is 2.21. The smallest absolute Gasteiger partial charge is 0.234 e. The summed E-state index contributed by atoms with van der Waals surface area (Å²) in [7, 11) is 1.68. The van der Waals surface area contributed by atoms with Crippen molar-refractivity contribution in [3.8, 4) is 5.75 Å². The Morgan fingerprint density at radius 3 is 2.65 bits per heavy atom. The molecule has 1 aliphatic rings. The van der Waals surface area contributed by atoms with Crippen molar-refractivity contribution < 1.29 is 9.53 Å². The van der Waals surface area contributed by atoms with Crippen LogP contribution in [-0.4, -0.2) is 31.0 Å². The lowest BCUT2D eigenvalue weighted by atomic mass is 10.0. The van der Waals surface area contributed by atoms with Crippen molar-refractivity contribution in [2.24, 2.45) is 0 Å². The second-order valence-corrected chi connectivity index (χ2v) is 7.05. The van der Waals surface area contributed by atoms with Crippen LogP contribution in [0.15, 0.2) is 48.5 Å². The summed E-state index contributed by atoms with van der Waals surface area (Å²) in [5.41, 5.74) is 3.63. The molecule has 0 spiro atoms. The molecule has 0 radical (unpaired) electrons. The fraction of sp³-hybridized carbons (Fsp3) is 0.409. The number of nitrogens with one attached hydrogen (secondary N) is 1. The summed E-state index contributed by atoms with van der Waals surface area (Å²) < 4.78 is 5.24. The Bertz CT molecular complexity index is 742. The molecule has 4 heteroatoms. The summed E-state index contributed by atoms with van der Waals surface area (Å²) in [5.74, 6) is 0.948. The van der Waals surface area contributed by atoms with E-state index >= 15 is 0 Å². The van der Waals surface area contributed by atoms with Crippen molar-refractivity contribution in [1.29, 1.82) is 0 Å². The molecule has 138 valence electrons. The molecule has 1 saturated heterocycles. The summed E-state index contributed by atoms with van der Waals surface area (Å²) in [5, 5.41) is 3.15. The predicted molar refractivity (Wildman–Crippen MR) is 104 cm³/mol. The van der Waals surface area contributed by atoms with Gasteiger partial charge in [-0.25, -0.2) is 0 Å². The maximum absolute atomic E-state index is 12.6. The van der Waals surface area contributed by atoms with Crippen LogP contribution in [-0.2, 0) is 4.79 Å². The van der Waals surface area contributed by atoms with Gasteiger partial charge in [-0.2, -0.15) is 0 Å². The fourth-order valence-electron chi connectivity index (χ4n) is 3.84. The zero-order chi connectivity index (χ0) is 18.5. The number of methoxy groups -OCH3 is 1. The maximum atomic E-state index is 12.6. The van der Waals surface area contributed by atoms with Gasteiger partial charge in [0.25, 0.3) is 0 Å². The van der Waals surface area contributed by atoms with Gasteiger partial charge in [0.05, 0.1) is 19.7 Å². The van der Waals surface area contributed by atoms with E-state index in [0.29, 0.717) is 12.6 Å². The average Bonchev–Trinajstić information content (AvgIpc) is 3.10. The Balaban J connectivity index is 1.61. The van der Waals surface area contributed by atoms with Crippen LogP contribution >= 0.6 is 0 Å². The van der Waals surface area contributed by atoms with Crippen molar-refractivity contribution in [3.05, 3.63) is 65.2 Å². The van der Waals surface area contributed by atoms with Crippen LogP contribution in [0.1, 0.15) is 48.5 Å². The van der Waals surface area contributed by atoms with E-state index in [1.165, 1.54) is 16.7 Å². The van der Waals surface area contributed by atoms with Crippen molar-refractivity contribution in [3.63, 3.8) is 0 Å². The zero-order valence-electron chi connectivity index (χ0n) is 15.9. The molecule has 0 unspecified atom stereocenters. The molecular weight excluding hydrogens is 324 g/mol. The van der Waals surface area contributed by atoms with Gasteiger partial charge in [-0.05, 0) is 62.1 Å². The highest BCUT2D eigenvalue weighted by Crippen LogP contribution is 2.32. The van der Waals surface area contributed by atoms with E-state index in [4.69, 9.17) is 4.74 Å². The lowest BCUT2D eigenvalue weighted by molar-refractivity contribution is -0.123. The van der Waals surface area contributed by atoms with Crippen molar-refractivity contribution >= 4 is 5.91 Å². The first-order valence-electron chi connectivity index (χ1n) is 9.31. The largest absolute Gasteiger partial charge is 0.497 e. The van der Waals surface area contributed by atoms with Crippen LogP contribution in [0.5, 0.6) is 5.75 Å². The molecule has 1 aliphatic heterocycles. The van der Waals surface area contributed by atoms with Gasteiger partial charge >= 0.3 is 0 Å². The van der Waals surface area contributed by atoms with Crippen molar-refractivity contribution in [2.75, 3.05) is 20.2 Å². The topological polar surface area (TPSA) is 41.6 Å². The highest BCUT2D eigenvalue weighted by Gasteiger charge is 2.28. The van der Waals surface area contributed by atoms with E-state index in [-0.39, 0.29) is 11.9 Å². The number of likely N-dealkylation sites (tertiary alicyclic amines) is 1. The molecular formula is C22H28N2O2. The molecule has 4 nitrogen and oxygen atoms in total. The molecule has 3 rings (SSSR count). The van der Waals surface area contributed by atoms with Gasteiger partial charge in [0, 0.05) is 6.04 Å². The molecule has 1 fully saturated rings. The number of benzene rings is 2. The normalized spacial score (nSPS) is 18.5. The second-order valence-electron chi connectivity index (χ2n) is 7.05. The Morgan fingerprint density at radius 1 is 1.23 bits per heavy atom. The summed E-state index contributed by atoms with van der Waals surface area (Å²) in [6, 6.07) is 16.7. The molecule has 2 atom stereocenters. The molecule has 26 heavy (non-hydrogen) atoms. The predicted octanol–water partition coefficient (Wildman–Crippen LogP) is 4.02. The number of amides is 1. The van der Waals surface area contributed by atoms with Crippen LogP contribution in [0.25, 0.3) is 0 Å². The van der Waals surface area contributed by atoms with Gasteiger partial charge in [-0.3, -0.25) is 9.69 Å². The summed E-state index contributed by atoms with van der Waals surface area (Å²) in [6.45, 7) is 5.53. The Morgan fingerprint density at radius 2 is 1.96 bits per heavy atom. The number of hydrogen-bond acceptors (Lipinski definition) is 3. The summed E-state index contributed by atoms with van der Waals surface area (Å²) >= 11 is 0. The third-order valence-corrected chi connectivity index (χ3v) is 5.24. The average molecular weight is 352 g/mol. The number of carbonyl (C=O) groups is 1. The molecule has 1 amide bonds. The molecule has 0 aliphatic carbocycles. The second kappa shape index (κ2) is 8.37. The van der Waals surface area contributed by atoms with Gasteiger partial charge in [0.15, 0.2) is 0 Å². The molecule has 0 aromatic heterocycles. The van der Waals surface area contributed by atoms with Gasteiger partial charge < -0.3 is 10.1 Å². The van der Waals surface area contributed by atoms with Gasteiger partial charge in [0.2, 0.25) is 5.91 Å². The van der Waals surface area contributed by atoms with E-state index in [2.05, 4.69) is 41.4 Å². The van der Waals surface area contributed by atoms with Gasteiger partial charge in [-0.15, -0.1) is 0 Å². The lowest BCUT2D eigenvalue weighted by Crippen LogP contribution is -2.38. The van der Waals surface area contributed by atoms with E-state index in [1.807, 2.05) is 31.2 Å². The molecule has 1 heterocycles. The van der Waals surface area contributed by atoms with Crippen LogP contribution in [0.2, 0.25) is 0 Å². The summed E-state index contributed by atoms with van der Waals surface area (Å²) in [4.78, 5) is 14.9. The monoisotopic (exact) mass is 352 g/mol. The van der Waals surface area contributed by atoms with Crippen molar-refractivity contribution in [1.82, 2.24) is 10.2 Å². The van der Waals surface area contributed by atoms with E-state index in [1.54, 1.807) is 7.11 Å². The molecule has 2 aromatic carbocycles. The minimum Gasteiger partial charge on any atom is -0.497 e. The fourth-order valence-corrected chi connectivity index (χ4v) is 3.84. The standard InChI is InChI=1S/C22H28N2O2/c1-16-7-4-5-8-20(16)17(2)23-22(25)15-24-14-6-9-21(24)18-10-12-19(26-3)13-11-18/h4-5,7-8,10-13,17,21H,6,9,14-15H2,1-3H3,(H,23,25)/t17-,21-/m0/s1. The number of aryl methyl sites for hydroxylation is 1. The number of ether oxygens (including phenoxy) is 1. The van der Waals surface area contributed by atoms with Crippen LogP contribution < -0.4 is 10.1 Å². The molecule has 1 N–H and O–H groups in total. The number of rotatable bonds is 6. The number of hydrogen-bond donors (Lipinski definition) is 1. The van der Waals surface area contributed by atoms with Crippen LogP contribution in [0.3, 0.4) is 0 Å². The SMILES string of the molecule is COc1ccc([C@@H]2CCCN2CC(=O)N[C@@H](C)c2ccccc2C)cc1. The number of carbonyl (C=O) groups excluding carboxylic acids is 1. The highest BCUT2D eigenvalue weighted by atomic mass is 16.5. The van der Waals surface area contributed by atoms with Gasteiger partial charge in [-0.1, -0.05) is 36.4 Å². The van der Waals surface area contributed by atoms with E-state index in [0.717, 1.165) is 25.1 Å². The van der Waals surface area contributed by atoms with Crippen molar-refractivity contribution in [2.45, 2.75) is 38.8 Å². The first-order valence-corrected chi connectivity index (χ1v) is 9.31. The first kappa shape index (κ1) is 18.5. The quantitative estimate of drug-likeness (QED) is 0.854. The highest BCUT2D eigenvalue weighted by molar-refractivity contribution is 5.78. The van der Waals surface area contributed by atoms with E-state index in [9.17, 15) is 4.79 Å². The minimum absolute atomic E-state index is 0.0192. The van der Waals surface area contributed by atoms with Crippen LogP contribution in [0.4, 0.5) is 0 Å². The van der Waals surface area contributed by atoms with Crippen LogP contribution in [0, 0.1) is 6.92 Å². The first-order chi connectivity index (χ1) is 12.6. The maximum Gasteiger partial charge on any atom is 0.234 e. The molecule has 2 aromatic rings. The Labute approximate surface area is 156 Å². The third kappa shape index (κ3) is 4.25. The zero-order valence-corrected chi connectivity index (χ0v) is 15.9. The Hall–Kier alpha value is -2.33. The Kier molecular flexibility index (Phi) is 5.94. The molecule has 0 bridgehead atoms. The van der Waals surface area contributed by atoms with E-state index < -0.39 is 0 Å². The lowest BCUT2D eigenvalue weighted by Gasteiger charge is -2.25. The third-order valence-electron chi connectivity index (χ3n) is 5.24.